The highest BCUT2D eigenvalue weighted by Crippen LogP contribution is 2.23. The van der Waals surface area contributed by atoms with E-state index in [1.54, 1.807) is 6.20 Å². The monoisotopic (exact) mass is 249 g/mol. The van der Waals surface area contributed by atoms with E-state index >= 15 is 0 Å². The largest absolute Gasteiger partial charge is 0.473 e. The summed E-state index contributed by atoms with van der Waals surface area (Å²) in [6.07, 6.45) is 4.02. The molecular weight excluding hydrogens is 230 g/mol. The molecule has 3 heterocycles. The number of aromatic nitrogens is 1. The van der Waals surface area contributed by atoms with Crippen molar-refractivity contribution in [1.82, 2.24) is 9.88 Å². The van der Waals surface area contributed by atoms with Crippen molar-refractivity contribution in [3.63, 3.8) is 0 Å². The van der Waals surface area contributed by atoms with Gasteiger partial charge in [0.2, 0.25) is 5.88 Å². The first kappa shape index (κ1) is 11.7. The summed E-state index contributed by atoms with van der Waals surface area (Å²) in [5.41, 5.74) is 6.45. The minimum Gasteiger partial charge on any atom is -0.473 e. The molecular formula is C13H19N3O2. The number of piperidine rings is 1. The zero-order valence-electron chi connectivity index (χ0n) is 10.4. The van der Waals surface area contributed by atoms with E-state index in [1.807, 2.05) is 12.1 Å². The Kier molecular flexibility index (Phi) is 3.34. The molecule has 0 aromatic carbocycles. The third-order valence-electron chi connectivity index (χ3n) is 3.69. The lowest BCUT2D eigenvalue weighted by molar-refractivity contribution is -0.0779. The van der Waals surface area contributed by atoms with Crippen molar-refractivity contribution in [3.8, 4) is 5.88 Å². The van der Waals surface area contributed by atoms with Gasteiger partial charge in [0.25, 0.3) is 0 Å². The van der Waals surface area contributed by atoms with Crippen LogP contribution in [0.2, 0.25) is 0 Å². The molecule has 3 rings (SSSR count). The van der Waals surface area contributed by atoms with Gasteiger partial charge in [-0.2, -0.15) is 0 Å². The second-order valence-corrected chi connectivity index (χ2v) is 4.94. The van der Waals surface area contributed by atoms with Crippen LogP contribution in [0.5, 0.6) is 5.88 Å². The van der Waals surface area contributed by atoms with Gasteiger partial charge in [0.15, 0.2) is 0 Å². The molecule has 2 aliphatic heterocycles. The molecule has 2 N–H and O–H groups in total. The van der Waals surface area contributed by atoms with Gasteiger partial charge in [0.1, 0.15) is 6.10 Å². The maximum atomic E-state index is 5.87. The fourth-order valence-electron chi connectivity index (χ4n) is 2.45. The first-order valence-electron chi connectivity index (χ1n) is 6.52. The number of pyridine rings is 1. The highest BCUT2D eigenvalue weighted by atomic mass is 16.5. The van der Waals surface area contributed by atoms with Crippen LogP contribution < -0.4 is 10.5 Å². The number of nitrogen functional groups attached to an aromatic ring is 1. The normalized spacial score (nSPS) is 22.7. The number of rotatable bonds is 3. The Hall–Kier alpha value is -1.33. The Morgan fingerprint density at radius 3 is 2.72 bits per heavy atom. The quantitative estimate of drug-likeness (QED) is 0.862. The second-order valence-electron chi connectivity index (χ2n) is 4.94. The lowest BCUT2D eigenvalue weighted by atomic mass is 10.0. The number of ether oxygens (including phenoxy) is 2. The number of likely N-dealkylation sites (tertiary alicyclic amines) is 1. The molecule has 2 fully saturated rings. The topological polar surface area (TPSA) is 60.6 Å². The SMILES string of the molecule is Nc1cccnc1OC1CCN(C2COC2)CC1. The van der Waals surface area contributed by atoms with E-state index in [4.69, 9.17) is 15.2 Å². The average molecular weight is 249 g/mol. The van der Waals surface area contributed by atoms with E-state index in [1.165, 1.54) is 0 Å². The van der Waals surface area contributed by atoms with Gasteiger partial charge < -0.3 is 15.2 Å². The predicted molar refractivity (Wildman–Crippen MR) is 68.5 cm³/mol. The van der Waals surface area contributed by atoms with Gasteiger partial charge in [-0.05, 0) is 25.0 Å². The van der Waals surface area contributed by atoms with Gasteiger partial charge in [0, 0.05) is 19.3 Å². The Morgan fingerprint density at radius 2 is 2.11 bits per heavy atom. The minimum absolute atomic E-state index is 0.236. The zero-order chi connectivity index (χ0) is 12.4. The Balaban J connectivity index is 1.52. The molecule has 0 bridgehead atoms. The summed E-state index contributed by atoms with van der Waals surface area (Å²) in [5.74, 6) is 0.572. The summed E-state index contributed by atoms with van der Waals surface area (Å²) in [6, 6.07) is 4.27. The first-order chi connectivity index (χ1) is 8.83. The summed E-state index contributed by atoms with van der Waals surface area (Å²) in [6.45, 7) is 3.92. The molecule has 0 atom stereocenters. The molecule has 2 aliphatic rings. The number of nitrogens with two attached hydrogens (primary N) is 1. The lowest BCUT2D eigenvalue weighted by Gasteiger charge is -2.41. The van der Waals surface area contributed by atoms with Gasteiger partial charge >= 0.3 is 0 Å². The van der Waals surface area contributed by atoms with Crippen LogP contribution in [0.3, 0.4) is 0 Å². The fourth-order valence-corrected chi connectivity index (χ4v) is 2.45. The van der Waals surface area contributed by atoms with E-state index in [9.17, 15) is 0 Å². The highest BCUT2D eigenvalue weighted by Gasteiger charge is 2.30. The first-order valence-corrected chi connectivity index (χ1v) is 6.52. The summed E-state index contributed by atoms with van der Waals surface area (Å²) in [4.78, 5) is 6.66. The Bertz CT molecular complexity index is 401. The number of hydrogen-bond donors (Lipinski definition) is 1. The molecule has 0 aliphatic carbocycles. The lowest BCUT2D eigenvalue weighted by Crippen LogP contribution is -2.52. The Labute approximate surface area is 107 Å². The summed E-state index contributed by atoms with van der Waals surface area (Å²) < 4.78 is 11.1. The van der Waals surface area contributed by atoms with Gasteiger partial charge in [-0.15, -0.1) is 0 Å². The molecule has 2 saturated heterocycles. The number of anilines is 1. The summed E-state index contributed by atoms with van der Waals surface area (Å²) in [5, 5.41) is 0. The van der Waals surface area contributed by atoms with Crippen molar-refractivity contribution in [2.75, 3.05) is 32.0 Å². The van der Waals surface area contributed by atoms with Crippen molar-refractivity contribution in [1.29, 1.82) is 0 Å². The maximum absolute atomic E-state index is 5.87. The van der Waals surface area contributed by atoms with Crippen LogP contribution >= 0.6 is 0 Å². The molecule has 18 heavy (non-hydrogen) atoms. The van der Waals surface area contributed by atoms with Crippen molar-refractivity contribution in [2.24, 2.45) is 0 Å². The van der Waals surface area contributed by atoms with E-state index < -0.39 is 0 Å². The third-order valence-corrected chi connectivity index (χ3v) is 3.69. The number of hydrogen-bond acceptors (Lipinski definition) is 5. The van der Waals surface area contributed by atoms with Crippen LogP contribution in [0.4, 0.5) is 5.69 Å². The molecule has 0 saturated carbocycles. The zero-order valence-corrected chi connectivity index (χ0v) is 10.4. The van der Waals surface area contributed by atoms with E-state index in [0.717, 1.165) is 39.1 Å². The number of nitrogens with zero attached hydrogens (tertiary/aromatic N) is 2. The predicted octanol–water partition coefficient (Wildman–Crippen LogP) is 0.906. The van der Waals surface area contributed by atoms with Crippen molar-refractivity contribution in [3.05, 3.63) is 18.3 Å². The molecule has 1 aromatic heterocycles. The van der Waals surface area contributed by atoms with Gasteiger partial charge in [-0.25, -0.2) is 4.98 Å². The van der Waals surface area contributed by atoms with Crippen LogP contribution in [0.15, 0.2) is 18.3 Å². The molecule has 0 amide bonds. The van der Waals surface area contributed by atoms with Crippen molar-refractivity contribution in [2.45, 2.75) is 25.0 Å². The molecule has 5 nitrogen and oxygen atoms in total. The molecule has 98 valence electrons. The van der Waals surface area contributed by atoms with E-state index in [0.29, 0.717) is 17.6 Å². The van der Waals surface area contributed by atoms with E-state index in [-0.39, 0.29) is 6.10 Å². The molecule has 0 radical (unpaired) electrons. The van der Waals surface area contributed by atoms with Gasteiger partial charge in [-0.3, -0.25) is 4.90 Å². The van der Waals surface area contributed by atoms with E-state index in [2.05, 4.69) is 9.88 Å². The standard InChI is InChI=1S/C13H19N3O2/c14-12-2-1-5-15-13(12)18-11-3-6-16(7-4-11)10-8-17-9-10/h1-2,5,10-11H,3-4,6-9,14H2. The highest BCUT2D eigenvalue weighted by molar-refractivity contribution is 5.46. The molecule has 5 heteroatoms. The maximum Gasteiger partial charge on any atom is 0.237 e. The van der Waals surface area contributed by atoms with Crippen LogP contribution in [0.25, 0.3) is 0 Å². The summed E-state index contributed by atoms with van der Waals surface area (Å²) >= 11 is 0. The fraction of sp³-hybridized carbons (Fsp3) is 0.615. The van der Waals surface area contributed by atoms with Gasteiger partial charge in [-0.1, -0.05) is 0 Å². The van der Waals surface area contributed by atoms with Gasteiger partial charge in [0.05, 0.1) is 24.9 Å². The molecule has 0 spiro atoms. The van der Waals surface area contributed by atoms with Crippen LogP contribution in [0.1, 0.15) is 12.8 Å². The van der Waals surface area contributed by atoms with Crippen LogP contribution in [0, 0.1) is 0 Å². The Morgan fingerprint density at radius 1 is 1.33 bits per heavy atom. The van der Waals surface area contributed by atoms with Crippen molar-refractivity contribution >= 4 is 5.69 Å². The molecule has 1 aromatic rings. The third kappa shape index (κ3) is 2.42. The van der Waals surface area contributed by atoms with Crippen molar-refractivity contribution < 1.29 is 9.47 Å². The van der Waals surface area contributed by atoms with Crippen LogP contribution in [-0.2, 0) is 4.74 Å². The average Bonchev–Trinajstić information content (AvgIpc) is 2.32. The second kappa shape index (κ2) is 5.12. The minimum atomic E-state index is 0.236. The smallest absolute Gasteiger partial charge is 0.237 e. The van der Waals surface area contributed by atoms with Crippen LogP contribution in [-0.4, -0.2) is 48.3 Å². The molecule has 0 unspecified atom stereocenters. The summed E-state index contributed by atoms with van der Waals surface area (Å²) in [7, 11) is 0.